The number of rotatable bonds is 3. The molecule has 0 fully saturated rings. The summed E-state index contributed by atoms with van der Waals surface area (Å²) < 4.78 is -0.0818. The molecule has 1 rings (SSSR count). The van der Waals surface area contributed by atoms with Gasteiger partial charge in [-0.1, -0.05) is 0 Å². The molecular formula is C9H7BrN2O6. The lowest BCUT2D eigenvalue weighted by Crippen LogP contribution is -2.10. The molecule has 0 heterocycles. The average Bonchev–Trinajstić information content (AvgIpc) is 2.21. The van der Waals surface area contributed by atoms with Crippen LogP contribution < -0.4 is 0 Å². The molecule has 8 nitrogen and oxygen atoms in total. The van der Waals surface area contributed by atoms with Crippen molar-refractivity contribution in [1.82, 2.24) is 0 Å². The largest absolute Gasteiger partial charge is 0.477 e. The standard InChI is InChI=1S/C9H7BrN2O6/c1-3-5(9(13)14)7(11(15)16)4(2)6(10)8(3)12(17)18/h1-2H3,(H,13,14). The van der Waals surface area contributed by atoms with Crippen LogP contribution in [-0.2, 0) is 0 Å². The van der Waals surface area contributed by atoms with Gasteiger partial charge in [0.25, 0.3) is 11.4 Å². The van der Waals surface area contributed by atoms with E-state index in [2.05, 4.69) is 15.9 Å². The van der Waals surface area contributed by atoms with Crippen LogP contribution in [0, 0.1) is 34.1 Å². The summed E-state index contributed by atoms with van der Waals surface area (Å²) in [7, 11) is 0. The van der Waals surface area contributed by atoms with Gasteiger partial charge in [-0.25, -0.2) is 4.79 Å². The molecule has 0 radical (unpaired) electrons. The van der Waals surface area contributed by atoms with Crippen LogP contribution in [0.3, 0.4) is 0 Å². The molecule has 0 saturated carbocycles. The first-order valence-electron chi connectivity index (χ1n) is 4.54. The average molecular weight is 319 g/mol. The number of aromatic carboxylic acids is 1. The maximum Gasteiger partial charge on any atom is 0.343 e. The van der Waals surface area contributed by atoms with Crippen LogP contribution >= 0.6 is 15.9 Å². The molecule has 18 heavy (non-hydrogen) atoms. The summed E-state index contributed by atoms with van der Waals surface area (Å²) in [6.45, 7) is 2.42. The summed E-state index contributed by atoms with van der Waals surface area (Å²) in [5.74, 6) is -1.57. The maximum atomic E-state index is 11.0. The summed E-state index contributed by atoms with van der Waals surface area (Å²) in [4.78, 5) is 31.2. The number of hydrogen-bond donors (Lipinski definition) is 1. The van der Waals surface area contributed by atoms with E-state index in [0.29, 0.717) is 0 Å². The monoisotopic (exact) mass is 318 g/mol. The van der Waals surface area contributed by atoms with Crippen LogP contribution in [0.4, 0.5) is 11.4 Å². The topological polar surface area (TPSA) is 124 Å². The second-order valence-corrected chi connectivity index (χ2v) is 4.25. The molecule has 1 N–H and O–H groups in total. The molecule has 0 aliphatic rings. The number of nitro groups is 2. The molecule has 1 aromatic rings. The predicted molar refractivity (Wildman–Crippen MR) is 63.9 cm³/mol. The minimum atomic E-state index is -1.57. The minimum Gasteiger partial charge on any atom is -0.477 e. The van der Waals surface area contributed by atoms with Gasteiger partial charge < -0.3 is 5.11 Å². The van der Waals surface area contributed by atoms with E-state index in [9.17, 15) is 25.0 Å². The quantitative estimate of drug-likeness (QED) is 0.674. The lowest BCUT2D eigenvalue weighted by Gasteiger charge is -2.08. The van der Waals surface area contributed by atoms with Crippen molar-refractivity contribution in [2.75, 3.05) is 0 Å². The van der Waals surface area contributed by atoms with Gasteiger partial charge in [-0.2, -0.15) is 0 Å². The molecule has 0 amide bonds. The van der Waals surface area contributed by atoms with Crippen LogP contribution in [-0.4, -0.2) is 20.9 Å². The summed E-state index contributed by atoms with van der Waals surface area (Å²) in [6, 6.07) is 0. The summed E-state index contributed by atoms with van der Waals surface area (Å²) >= 11 is 2.89. The van der Waals surface area contributed by atoms with Crippen LogP contribution in [0.15, 0.2) is 4.47 Å². The van der Waals surface area contributed by atoms with Gasteiger partial charge in [0.1, 0.15) is 10.0 Å². The second kappa shape index (κ2) is 4.69. The van der Waals surface area contributed by atoms with Gasteiger partial charge in [0.15, 0.2) is 0 Å². The number of nitro benzene ring substituents is 2. The zero-order valence-electron chi connectivity index (χ0n) is 9.26. The number of carbonyl (C=O) groups is 1. The first-order chi connectivity index (χ1) is 8.20. The molecule has 0 unspecified atom stereocenters. The van der Waals surface area contributed by atoms with Crippen molar-refractivity contribution in [3.8, 4) is 0 Å². The lowest BCUT2D eigenvalue weighted by atomic mass is 10.0. The Morgan fingerprint density at radius 2 is 1.56 bits per heavy atom. The van der Waals surface area contributed by atoms with Crippen LogP contribution in [0.25, 0.3) is 0 Å². The van der Waals surface area contributed by atoms with Gasteiger partial charge in [0.05, 0.1) is 9.85 Å². The van der Waals surface area contributed by atoms with E-state index in [0.717, 1.165) is 0 Å². The van der Waals surface area contributed by atoms with E-state index in [1.165, 1.54) is 13.8 Å². The van der Waals surface area contributed by atoms with E-state index in [4.69, 9.17) is 5.11 Å². The van der Waals surface area contributed by atoms with Crippen LogP contribution in [0.1, 0.15) is 21.5 Å². The van der Waals surface area contributed by atoms with Gasteiger partial charge in [0.2, 0.25) is 0 Å². The van der Waals surface area contributed by atoms with Crippen molar-refractivity contribution < 1.29 is 19.7 Å². The second-order valence-electron chi connectivity index (χ2n) is 3.46. The number of benzene rings is 1. The Hall–Kier alpha value is -2.03. The predicted octanol–water partition coefficient (Wildman–Crippen LogP) is 2.58. The van der Waals surface area contributed by atoms with Crippen molar-refractivity contribution in [3.05, 3.63) is 41.4 Å². The molecule has 0 aliphatic carbocycles. The van der Waals surface area contributed by atoms with Crippen molar-refractivity contribution in [3.63, 3.8) is 0 Å². The zero-order valence-corrected chi connectivity index (χ0v) is 10.8. The maximum absolute atomic E-state index is 11.0. The molecular weight excluding hydrogens is 312 g/mol. The summed E-state index contributed by atoms with van der Waals surface area (Å²) in [6.07, 6.45) is 0. The molecule has 1 aromatic carbocycles. The molecule has 96 valence electrons. The fraction of sp³-hybridized carbons (Fsp3) is 0.222. The van der Waals surface area contributed by atoms with E-state index < -0.39 is 32.8 Å². The van der Waals surface area contributed by atoms with Crippen molar-refractivity contribution in [1.29, 1.82) is 0 Å². The summed E-state index contributed by atoms with van der Waals surface area (Å²) in [5, 5.41) is 30.7. The Balaban J connectivity index is 3.94. The molecule has 9 heteroatoms. The first kappa shape index (κ1) is 14.0. The van der Waals surface area contributed by atoms with Gasteiger partial charge in [-0.3, -0.25) is 20.2 Å². The molecule has 0 aliphatic heterocycles. The number of hydrogen-bond acceptors (Lipinski definition) is 5. The van der Waals surface area contributed by atoms with Crippen LogP contribution in [0.5, 0.6) is 0 Å². The van der Waals surface area contributed by atoms with Crippen molar-refractivity contribution in [2.24, 2.45) is 0 Å². The summed E-state index contributed by atoms with van der Waals surface area (Å²) in [5.41, 5.74) is -2.12. The Morgan fingerprint density at radius 1 is 1.11 bits per heavy atom. The van der Waals surface area contributed by atoms with E-state index in [1.54, 1.807) is 0 Å². The highest BCUT2D eigenvalue weighted by molar-refractivity contribution is 9.10. The van der Waals surface area contributed by atoms with Gasteiger partial charge >= 0.3 is 5.97 Å². The third-order valence-corrected chi connectivity index (χ3v) is 3.41. The fourth-order valence-corrected chi connectivity index (χ4v) is 2.27. The first-order valence-corrected chi connectivity index (χ1v) is 5.34. The Labute approximate surface area is 109 Å². The highest BCUT2D eigenvalue weighted by atomic mass is 79.9. The molecule has 0 spiro atoms. The van der Waals surface area contributed by atoms with E-state index >= 15 is 0 Å². The lowest BCUT2D eigenvalue weighted by molar-refractivity contribution is -0.390. The normalized spacial score (nSPS) is 10.2. The van der Waals surface area contributed by atoms with Crippen molar-refractivity contribution in [2.45, 2.75) is 13.8 Å². The molecule has 0 saturated heterocycles. The highest BCUT2D eigenvalue weighted by Gasteiger charge is 2.34. The third kappa shape index (κ3) is 2.04. The molecule has 0 aromatic heterocycles. The van der Waals surface area contributed by atoms with Crippen LogP contribution in [0.2, 0.25) is 0 Å². The Morgan fingerprint density at radius 3 is 1.89 bits per heavy atom. The number of nitrogens with zero attached hydrogens (tertiary/aromatic N) is 2. The smallest absolute Gasteiger partial charge is 0.343 e. The fourth-order valence-electron chi connectivity index (χ4n) is 1.64. The SMILES string of the molecule is Cc1c(C(=O)O)c([N+](=O)[O-])c(C)c(Br)c1[N+](=O)[O-]. The zero-order chi connectivity index (χ0) is 14.2. The molecule has 0 atom stereocenters. The number of halogens is 1. The third-order valence-electron chi connectivity index (χ3n) is 2.44. The Kier molecular flexibility index (Phi) is 3.65. The van der Waals surface area contributed by atoms with E-state index in [-0.39, 0.29) is 15.6 Å². The van der Waals surface area contributed by atoms with Gasteiger partial charge in [-0.15, -0.1) is 0 Å². The number of carboxylic acid groups (broad SMARTS) is 1. The van der Waals surface area contributed by atoms with Crippen molar-refractivity contribution >= 4 is 33.3 Å². The van der Waals surface area contributed by atoms with E-state index in [1.807, 2.05) is 0 Å². The highest BCUT2D eigenvalue weighted by Crippen LogP contribution is 2.40. The Bertz CT molecular complexity index is 583. The molecule has 0 bridgehead atoms. The van der Waals surface area contributed by atoms with Gasteiger partial charge in [-0.05, 0) is 29.8 Å². The minimum absolute atomic E-state index is 0.0818. The number of carboxylic acids is 1. The van der Waals surface area contributed by atoms with Gasteiger partial charge in [0, 0.05) is 11.1 Å².